The van der Waals surface area contributed by atoms with Gasteiger partial charge in [0.05, 0.1) is 0 Å². The van der Waals surface area contributed by atoms with Crippen molar-refractivity contribution in [2.24, 2.45) is 0 Å². The van der Waals surface area contributed by atoms with Gasteiger partial charge in [-0.3, -0.25) is 0 Å². The molecular formula is C13H8Cl2N4O. The molecule has 5 nitrogen and oxygen atoms in total. The minimum absolute atomic E-state index is 0.00980. The lowest BCUT2D eigenvalue weighted by molar-refractivity contribution is 0.481. The van der Waals surface area contributed by atoms with Gasteiger partial charge in [-0.05, 0) is 35.3 Å². The van der Waals surface area contributed by atoms with Gasteiger partial charge in [-0.25, -0.2) is 0 Å². The maximum Gasteiger partial charge on any atom is 0.232 e. The summed E-state index contributed by atoms with van der Waals surface area (Å²) in [5, 5.41) is 14.4. The number of fused-ring (bicyclic) bond motifs is 1. The fourth-order valence-corrected chi connectivity index (χ4v) is 2.26. The standard InChI is InChI=1S/C13H8Cl2N4O/c14-11-17-12(15)19-13(18-11)16-9-5-6-10(20)8-4-2-1-3-7(8)9/h1-6,20H,(H,16,17,18,19). The Labute approximate surface area is 124 Å². The first kappa shape index (κ1) is 12.9. The third kappa shape index (κ3) is 2.45. The molecule has 3 rings (SSSR count). The van der Waals surface area contributed by atoms with E-state index in [9.17, 15) is 5.11 Å². The second kappa shape index (κ2) is 5.11. The molecule has 0 bridgehead atoms. The number of hydrogen-bond donors (Lipinski definition) is 2. The molecule has 100 valence electrons. The summed E-state index contributed by atoms with van der Waals surface area (Å²) in [6, 6.07) is 10.7. The van der Waals surface area contributed by atoms with Gasteiger partial charge >= 0.3 is 0 Å². The molecule has 1 heterocycles. The smallest absolute Gasteiger partial charge is 0.232 e. The normalized spacial score (nSPS) is 10.7. The maximum atomic E-state index is 9.84. The van der Waals surface area contributed by atoms with Crippen LogP contribution in [0.1, 0.15) is 0 Å². The molecule has 2 aromatic carbocycles. The number of nitrogens with one attached hydrogen (secondary N) is 1. The number of nitrogens with zero attached hydrogens (tertiary/aromatic N) is 3. The summed E-state index contributed by atoms with van der Waals surface area (Å²) in [4.78, 5) is 11.6. The fourth-order valence-electron chi connectivity index (χ4n) is 1.89. The molecule has 0 saturated carbocycles. The summed E-state index contributed by atoms with van der Waals surface area (Å²) in [6.07, 6.45) is 0. The first-order valence-electron chi connectivity index (χ1n) is 5.68. The van der Waals surface area contributed by atoms with Crippen LogP contribution in [0, 0.1) is 0 Å². The second-order valence-corrected chi connectivity index (χ2v) is 4.68. The van der Waals surface area contributed by atoms with Gasteiger partial charge in [-0.15, -0.1) is 0 Å². The maximum absolute atomic E-state index is 9.84. The number of benzene rings is 2. The van der Waals surface area contributed by atoms with E-state index in [-0.39, 0.29) is 22.3 Å². The molecule has 0 spiro atoms. The Morgan fingerprint density at radius 2 is 1.50 bits per heavy atom. The molecular weight excluding hydrogens is 299 g/mol. The molecule has 0 fully saturated rings. The zero-order valence-corrected chi connectivity index (χ0v) is 11.5. The quantitative estimate of drug-likeness (QED) is 0.705. The van der Waals surface area contributed by atoms with E-state index in [0.717, 1.165) is 16.5 Å². The number of phenolic OH excluding ortho intramolecular Hbond substituents is 1. The van der Waals surface area contributed by atoms with Crippen molar-refractivity contribution in [3.8, 4) is 5.75 Å². The number of aromatic hydroxyl groups is 1. The first-order valence-corrected chi connectivity index (χ1v) is 6.44. The third-order valence-corrected chi connectivity index (χ3v) is 3.07. The number of halogens is 2. The molecule has 0 aliphatic heterocycles. The average Bonchev–Trinajstić information content (AvgIpc) is 2.41. The molecule has 1 aromatic heterocycles. The Hall–Kier alpha value is -2.11. The second-order valence-electron chi connectivity index (χ2n) is 4.00. The van der Waals surface area contributed by atoms with Gasteiger partial charge in [-0.1, -0.05) is 24.3 Å². The number of hydrogen-bond acceptors (Lipinski definition) is 5. The Morgan fingerprint density at radius 1 is 0.850 bits per heavy atom. The van der Waals surface area contributed by atoms with Gasteiger partial charge in [0.25, 0.3) is 0 Å². The lowest BCUT2D eigenvalue weighted by Crippen LogP contribution is -1.99. The van der Waals surface area contributed by atoms with E-state index in [2.05, 4.69) is 20.3 Å². The number of phenols is 1. The highest BCUT2D eigenvalue weighted by Crippen LogP contribution is 2.31. The minimum atomic E-state index is 0.00980. The Kier molecular flexibility index (Phi) is 3.30. The molecule has 0 unspecified atom stereocenters. The highest BCUT2D eigenvalue weighted by Gasteiger charge is 2.08. The Balaban J connectivity index is 2.09. The molecule has 0 atom stereocenters. The van der Waals surface area contributed by atoms with Gasteiger partial charge in [0.1, 0.15) is 5.75 Å². The zero-order chi connectivity index (χ0) is 14.1. The summed E-state index contributed by atoms with van der Waals surface area (Å²) in [7, 11) is 0. The zero-order valence-electron chi connectivity index (χ0n) is 10.0. The average molecular weight is 307 g/mol. The van der Waals surface area contributed by atoms with Gasteiger partial charge in [-0.2, -0.15) is 15.0 Å². The van der Waals surface area contributed by atoms with Crippen LogP contribution < -0.4 is 5.32 Å². The van der Waals surface area contributed by atoms with E-state index in [0.29, 0.717) is 0 Å². The van der Waals surface area contributed by atoms with Crippen LogP contribution in [-0.4, -0.2) is 20.1 Å². The van der Waals surface area contributed by atoms with Crippen molar-refractivity contribution in [2.75, 3.05) is 5.32 Å². The summed E-state index contributed by atoms with van der Waals surface area (Å²) in [5.74, 6) is 0.448. The fraction of sp³-hybridized carbons (Fsp3) is 0. The van der Waals surface area contributed by atoms with Crippen LogP contribution in [0.25, 0.3) is 10.8 Å². The molecule has 0 saturated heterocycles. The van der Waals surface area contributed by atoms with E-state index >= 15 is 0 Å². The topological polar surface area (TPSA) is 70.9 Å². The number of rotatable bonds is 2. The van der Waals surface area contributed by atoms with Gasteiger partial charge in [0, 0.05) is 16.5 Å². The Bertz CT molecular complexity index is 774. The van der Waals surface area contributed by atoms with Crippen LogP contribution in [-0.2, 0) is 0 Å². The summed E-state index contributed by atoms with van der Waals surface area (Å²) < 4.78 is 0. The van der Waals surface area contributed by atoms with Crippen molar-refractivity contribution in [1.82, 2.24) is 15.0 Å². The lowest BCUT2D eigenvalue weighted by Gasteiger charge is -2.09. The monoisotopic (exact) mass is 306 g/mol. The SMILES string of the molecule is Oc1ccc(Nc2nc(Cl)nc(Cl)n2)c2ccccc12. The van der Waals surface area contributed by atoms with Crippen LogP contribution in [0.4, 0.5) is 11.6 Å². The highest BCUT2D eigenvalue weighted by atomic mass is 35.5. The predicted molar refractivity (Wildman–Crippen MR) is 78.7 cm³/mol. The highest BCUT2D eigenvalue weighted by molar-refractivity contribution is 6.31. The van der Waals surface area contributed by atoms with Crippen LogP contribution in [0.2, 0.25) is 10.6 Å². The van der Waals surface area contributed by atoms with E-state index in [1.807, 2.05) is 24.3 Å². The summed E-state index contributed by atoms with van der Waals surface area (Å²) in [6.45, 7) is 0. The van der Waals surface area contributed by atoms with E-state index in [1.54, 1.807) is 12.1 Å². The number of anilines is 2. The van der Waals surface area contributed by atoms with Gasteiger partial charge in [0.2, 0.25) is 16.5 Å². The van der Waals surface area contributed by atoms with Crippen LogP contribution in [0.5, 0.6) is 5.75 Å². The van der Waals surface area contributed by atoms with Crippen molar-refractivity contribution in [3.63, 3.8) is 0 Å². The third-order valence-electron chi connectivity index (χ3n) is 2.73. The van der Waals surface area contributed by atoms with Crippen molar-refractivity contribution in [2.45, 2.75) is 0 Å². The molecule has 3 aromatic rings. The number of aromatic nitrogens is 3. The van der Waals surface area contributed by atoms with E-state index in [1.165, 1.54) is 0 Å². The van der Waals surface area contributed by atoms with Crippen molar-refractivity contribution in [1.29, 1.82) is 0 Å². The molecule has 0 radical (unpaired) electrons. The van der Waals surface area contributed by atoms with Crippen molar-refractivity contribution >= 4 is 45.6 Å². The lowest BCUT2D eigenvalue weighted by atomic mass is 10.1. The van der Waals surface area contributed by atoms with Crippen LogP contribution in [0.15, 0.2) is 36.4 Å². The van der Waals surface area contributed by atoms with Crippen molar-refractivity contribution < 1.29 is 5.11 Å². The molecule has 20 heavy (non-hydrogen) atoms. The molecule has 2 N–H and O–H groups in total. The minimum Gasteiger partial charge on any atom is -0.507 e. The molecule has 0 amide bonds. The first-order chi connectivity index (χ1) is 9.63. The van der Waals surface area contributed by atoms with Crippen LogP contribution >= 0.6 is 23.2 Å². The molecule has 0 aliphatic rings. The molecule has 7 heteroatoms. The summed E-state index contributed by atoms with van der Waals surface area (Å²) >= 11 is 11.5. The predicted octanol–water partition coefficient (Wildman–Crippen LogP) is 3.78. The van der Waals surface area contributed by atoms with E-state index < -0.39 is 0 Å². The van der Waals surface area contributed by atoms with Gasteiger partial charge < -0.3 is 10.4 Å². The Morgan fingerprint density at radius 3 is 2.20 bits per heavy atom. The molecule has 0 aliphatic carbocycles. The van der Waals surface area contributed by atoms with Crippen molar-refractivity contribution in [3.05, 3.63) is 47.0 Å². The van der Waals surface area contributed by atoms with Crippen LogP contribution in [0.3, 0.4) is 0 Å². The van der Waals surface area contributed by atoms with E-state index in [4.69, 9.17) is 23.2 Å². The van der Waals surface area contributed by atoms with Gasteiger partial charge in [0.15, 0.2) is 0 Å². The largest absolute Gasteiger partial charge is 0.507 e. The summed E-state index contributed by atoms with van der Waals surface area (Å²) in [5.41, 5.74) is 0.733.